The molecule has 1 aliphatic heterocycles. The Labute approximate surface area is 102 Å². The van der Waals surface area contributed by atoms with Gasteiger partial charge in [-0.05, 0) is 39.5 Å². The Kier molecular flexibility index (Phi) is 4.74. The highest BCUT2D eigenvalue weighted by Crippen LogP contribution is 2.23. The average Bonchev–Trinajstić information content (AvgIpc) is 2.26. The zero-order chi connectivity index (χ0) is 13.1. The van der Waals surface area contributed by atoms with Gasteiger partial charge in [0.2, 0.25) is 0 Å². The van der Waals surface area contributed by atoms with Crippen LogP contribution < -0.4 is 0 Å². The molecule has 0 saturated carbocycles. The van der Waals surface area contributed by atoms with E-state index in [1.807, 2.05) is 20.8 Å². The quantitative estimate of drug-likeness (QED) is 0.811. The van der Waals surface area contributed by atoms with E-state index in [9.17, 15) is 9.18 Å². The highest BCUT2D eigenvalue weighted by Gasteiger charge is 2.30. The van der Waals surface area contributed by atoms with E-state index in [1.54, 1.807) is 4.90 Å². The van der Waals surface area contributed by atoms with Crippen LogP contribution >= 0.6 is 0 Å². The number of aliphatic hydroxyl groups is 1. The fourth-order valence-electron chi connectivity index (χ4n) is 1.92. The van der Waals surface area contributed by atoms with Crippen LogP contribution in [-0.4, -0.2) is 47.6 Å². The molecule has 1 rings (SSSR count). The number of piperidine rings is 1. The number of likely N-dealkylation sites (tertiary alicyclic amines) is 1. The molecule has 1 heterocycles. The second-order valence-corrected chi connectivity index (χ2v) is 5.50. The van der Waals surface area contributed by atoms with Gasteiger partial charge in [0.05, 0.1) is 6.61 Å². The van der Waals surface area contributed by atoms with Crippen LogP contribution in [0.2, 0.25) is 0 Å². The zero-order valence-electron chi connectivity index (χ0n) is 10.8. The first-order valence-corrected chi connectivity index (χ1v) is 6.06. The molecule has 1 saturated heterocycles. The number of nitrogens with zero attached hydrogens (tertiary/aromatic N) is 1. The molecule has 1 fully saturated rings. The first-order chi connectivity index (χ1) is 7.83. The van der Waals surface area contributed by atoms with Gasteiger partial charge < -0.3 is 14.7 Å². The van der Waals surface area contributed by atoms with Crippen LogP contribution in [0.5, 0.6) is 0 Å². The molecular weight excluding hydrogens is 225 g/mol. The molecule has 0 aromatic carbocycles. The molecule has 0 radical (unpaired) electrons. The molecule has 0 unspecified atom stereocenters. The number of aliphatic hydroxyl groups excluding tert-OH is 1. The fourth-order valence-corrected chi connectivity index (χ4v) is 1.92. The lowest BCUT2D eigenvalue weighted by molar-refractivity contribution is 0.0116. The highest BCUT2D eigenvalue weighted by atomic mass is 19.1. The van der Waals surface area contributed by atoms with Gasteiger partial charge >= 0.3 is 6.09 Å². The average molecular weight is 247 g/mol. The first-order valence-electron chi connectivity index (χ1n) is 6.06. The minimum atomic E-state index is -1.17. The molecule has 0 spiro atoms. The molecule has 1 aliphatic rings. The summed E-state index contributed by atoms with van der Waals surface area (Å²) in [7, 11) is 0. The second kappa shape index (κ2) is 5.67. The number of carbonyl (C=O) groups excluding carboxylic acids is 1. The maximum absolute atomic E-state index is 13.2. The summed E-state index contributed by atoms with van der Waals surface area (Å²) >= 11 is 0. The molecule has 1 N–H and O–H groups in total. The molecule has 17 heavy (non-hydrogen) atoms. The van der Waals surface area contributed by atoms with E-state index in [2.05, 4.69) is 0 Å². The summed E-state index contributed by atoms with van der Waals surface area (Å²) in [6.07, 6.45) is -0.340. The third-order valence-electron chi connectivity index (χ3n) is 2.88. The standard InChI is InChI=1S/C12H22FNO3/c1-12(2,3)17-11(16)14-6-4-9(5-7-14)10(13)8-15/h9-10,15H,4-8H2,1-3H3/t10-/m0/s1. The summed E-state index contributed by atoms with van der Waals surface area (Å²) < 4.78 is 18.5. The van der Waals surface area contributed by atoms with Crippen LogP contribution in [0.3, 0.4) is 0 Å². The summed E-state index contributed by atoms with van der Waals surface area (Å²) in [6.45, 7) is 6.03. The molecule has 5 heteroatoms. The Morgan fingerprint density at radius 3 is 2.41 bits per heavy atom. The summed E-state index contributed by atoms with van der Waals surface area (Å²) in [4.78, 5) is 13.3. The smallest absolute Gasteiger partial charge is 0.410 e. The predicted molar refractivity (Wildman–Crippen MR) is 62.5 cm³/mol. The van der Waals surface area contributed by atoms with E-state index in [-0.39, 0.29) is 12.0 Å². The van der Waals surface area contributed by atoms with Crippen molar-refractivity contribution in [3.05, 3.63) is 0 Å². The Balaban J connectivity index is 2.39. The van der Waals surface area contributed by atoms with Gasteiger partial charge in [-0.1, -0.05) is 0 Å². The van der Waals surface area contributed by atoms with Crippen LogP contribution in [0.15, 0.2) is 0 Å². The molecule has 0 aromatic heterocycles. The number of rotatable bonds is 2. The van der Waals surface area contributed by atoms with Gasteiger partial charge in [-0.25, -0.2) is 9.18 Å². The molecule has 0 aliphatic carbocycles. The van der Waals surface area contributed by atoms with Crippen LogP contribution in [0.4, 0.5) is 9.18 Å². The number of hydrogen-bond donors (Lipinski definition) is 1. The van der Waals surface area contributed by atoms with Crippen LogP contribution in [-0.2, 0) is 4.74 Å². The number of alkyl halides is 1. The van der Waals surface area contributed by atoms with Gasteiger partial charge in [0.15, 0.2) is 0 Å². The van der Waals surface area contributed by atoms with Crippen LogP contribution in [0.25, 0.3) is 0 Å². The number of amides is 1. The SMILES string of the molecule is CC(C)(C)OC(=O)N1CCC([C@@H](F)CO)CC1. The largest absolute Gasteiger partial charge is 0.444 e. The molecule has 0 aromatic rings. The molecule has 1 amide bonds. The van der Waals surface area contributed by atoms with Crippen molar-refractivity contribution in [2.75, 3.05) is 19.7 Å². The van der Waals surface area contributed by atoms with Crippen molar-refractivity contribution in [2.24, 2.45) is 5.92 Å². The maximum atomic E-state index is 13.2. The lowest BCUT2D eigenvalue weighted by Crippen LogP contribution is -2.43. The topological polar surface area (TPSA) is 49.8 Å². The lowest BCUT2D eigenvalue weighted by atomic mass is 9.93. The maximum Gasteiger partial charge on any atom is 0.410 e. The van der Waals surface area contributed by atoms with Gasteiger partial charge in [-0.3, -0.25) is 0 Å². The number of carbonyl (C=O) groups is 1. The van der Waals surface area contributed by atoms with Gasteiger partial charge in [0, 0.05) is 13.1 Å². The minimum Gasteiger partial charge on any atom is -0.444 e. The number of ether oxygens (including phenoxy) is 1. The monoisotopic (exact) mass is 247 g/mol. The van der Waals surface area contributed by atoms with E-state index in [0.717, 1.165) is 0 Å². The van der Waals surface area contributed by atoms with E-state index in [4.69, 9.17) is 9.84 Å². The molecule has 1 atom stereocenters. The predicted octanol–water partition coefficient (Wildman–Crippen LogP) is 1.96. The summed E-state index contributed by atoms with van der Waals surface area (Å²) in [5.41, 5.74) is -0.498. The first kappa shape index (κ1) is 14.2. The van der Waals surface area contributed by atoms with Crippen molar-refractivity contribution < 1.29 is 19.0 Å². The highest BCUT2D eigenvalue weighted by molar-refractivity contribution is 5.68. The van der Waals surface area contributed by atoms with Crippen molar-refractivity contribution in [1.29, 1.82) is 0 Å². The number of halogens is 1. The molecule has 100 valence electrons. The van der Waals surface area contributed by atoms with E-state index >= 15 is 0 Å². The summed E-state index contributed by atoms with van der Waals surface area (Å²) in [6, 6.07) is 0. The Bertz CT molecular complexity index is 257. The molecule has 0 bridgehead atoms. The van der Waals surface area contributed by atoms with E-state index in [1.165, 1.54) is 0 Å². The zero-order valence-corrected chi connectivity index (χ0v) is 10.8. The Hall–Kier alpha value is -0.840. The summed E-state index contributed by atoms with van der Waals surface area (Å²) in [5.74, 6) is -0.140. The third kappa shape index (κ3) is 4.50. The lowest BCUT2D eigenvalue weighted by Gasteiger charge is -2.34. The third-order valence-corrected chi connectivity index (χ3v) is 2.88. The van der Waals surface area contributed by atoms with Crippen LogP contribution in [0, 0.1) is 5.92 Å². The van der Waals surface area contributed by atoms with Gasteiger partial charge in [0.1, 0.15) is 11.8 Å². The molecule has 4 nitrogen and oxygen atoms in total. The van der Waals surface area contributed by atoms with Crippen LogP contribution in [0.1, 0.15) is 33.6 Å². The Morgan fingerprint density at radius 1 is 1.47 bits per heavy atom. The van der Waals surface area contributed by atoms with Gasteiger partial charge in [-0.2, -0.15) is 0 Å². The summed E-state index contributed by atoms with van der Waals surface area (Å²) in [5, 5.41) is 8.73. The van der Waals surface area contributed by atoms with Crippen molar-refractivity contribution in [2.45, 2.75) is 45.4 Å². The van der Waals surface area contributed by atoms with Crippen molar-refractivity contribution >= 4 is 6.09 Å². The molecular formula is C12H22FNO3. The van der Waals surface area contributed by atoms with Crippen molar-refractivity contribution in [3.8, 4) is 0 Å². The van der Waals surface area contributed by atoms with E-state index in [0.29, 0.717) is 25.9 Å². The van der Waals surface area contributed by atoms with Crippen molar-refractivity contribution in [1.82, 2.24) is 4.90 Å². The second-order valence-electron chi connectivity index (χ2n) is 5.50. The van der Waals surface area contributed by atoms with Gasteiger partial charge in [-0.15, -0.1) is 0 Å². The Morgan fingerprint density at radius 2 is 2.00 bits per heavy atom. The van der Waals surface area contributed by atoms with Gasteiger partial charge in [0.25, 0.3) is 0 Å². The minimum absolute atomic E-state index is 0.140. The fraction of sp³-hybridized carbons (Fsp3) is 0.917. The van der Waals surface area contributed by atoms with Crippen molar-refractivity contribution in [3.63, 3.8) is 0 Å². The van der Waals surface area contributed by atoms with E-state index < -0.39 is 18.4 Å². The normalized spacial score (nSPS) is 20.2. The number of hydrogen-bond acceptors (Lipinski definition) is 3.